The fraction of sp³-hybridized carbons (Fsp3) is 0.417. The topological polar surface area (TPSA) is 41.6 Å². The summed E-state index contributed by atoms with van der Waals surface area (Å²) in [4.78, 5) is 13.4. The van der Waals surface area contributed by atoms with E-state index in [9.17, 15) is 4.79 Å². The van der Waals surface area contributed by atoms with Crippen molar-refractivity contribution >= 4 is 6.03 Å². The summed E-state index contributed by atoms with van der Waals surface area (Å²) in [6.45, 7) is 3.79. The van der Waals surface area contributed by atoms with Gasteiger partial charge in [0, 0.05) is 13.2 Å². The van der Waals surface area contributed by atoms with E-state index >= 15 is 0 Å². The first-order valence-electron chi connectivity index (χ1n) is 5.50. The van der Waals surface area contributed by atoms with Crippen LogP contribution in [-0.4, -0.2) is 30.3 Å². The average Bonchev–Trinajstić information content (AvgIpc) is 2.61. The van der Waals surface area contributed by atoms with Gasteiger partial charge in [-0.1, -0.05) is 30.3 Å². The van der Waals surface area contributed by atoms with Gasteiger partial charge in [-0.25, -0.2) is 4.79 Å². The van der Waals surface area contributed by atoms with Crippen molar-refractivity contribution in [1.82, 2.24) is 10.2 Å². The summed E-state index contributed by atoms with van der Waals surface area (Å²) < 4.78 is 5.37. The Bertz CT molecular complexity index is 353. The molecule has 4 nitrogen and oxygen atoms in total. The number of urea groups is 1. The van der Waals surface area contributed by atoms with Crippen LogP contribution in [0.5, 0.6) is 0 Å². The molecule has 1 fully saturated rings. The summed E-state index contributed by atoms with van der Waals surface area (Å²) >= 11 is 0. The van der Waals surface area contributed by atoms with Crippen LogP contribution in [0, 0.1) is 0 Å². The zero-order chi connectivity index (χ0) is 11.4. The highest BCUT2D eigenvalue weighted by molar-refractivity contribution is 5.76. The normalized spacial score (nSPS) is 19.9. The van der Waals surface area contributed by atoms with Gasteiger partial charge < -0.3 is 15.0 Å². The Morgan fingerprint density at radius 2 is 2.19 bits per heavy atom. The van der Waals surface area contributed by atoms with Crippen LogP contribution in [0.2, 0.25) is 0 Å². The molecule has 2 rings (SSSR count). The number of hydrogen-bond acceptors (Lipinski definition) is 2. The van der Waals surface area contributed by atoms with Crippen LogP contribution in [0.3, 0.4) is 0 Å². The third kappa shape index (κ3) is 2.52. The fourth-order valence-electron chi connectivity index (χ4n) is 1.79. The summed E-state index contributed by atoms with van der Waals surface area (Å²) in [5, 5.41) is 2.79. The highest BCUT2D eigenvalue weighted by Crippen LogP contribution is 2.10. The second kappa shape index (κ2) is 4.99. The van der Waals surface area contributed by atoms with Gasteiger partial charge in [0.25, 0.3) is 0 Å². The van der Waals surface area contributed by atoms with Crippen molar-refractivity contribution < 1.29 is 9.53 Å². The van der Waals surface area contributed by atoms with Crippen LogP contribution in [-0.2, 0) is 11.3 Å². The molecule has 1 atom stereocenters. The molecule has 0 spiro atoms. The van der Waals surface area contributed by atoms with E-state index in [-0.39, 0.29) is 12.3 Å². The Kier molecular flexibility index (Phi) is 3.41. The standard InChI is InChI=1S/C12H16N2O2/c1-2-16-11-9-14(12(15)13-11)8-10-6-4-3-5-7-10/h3-7,11H,2,8-9H2,1H3,(H,13,15). The van der Waals surface area contributed by atoms with E-state index in [1.165, 1.54) is 0 Å². The van der Waals surface area contributed by atoms with E-state index in [4.69, 9.17) is 4.74 Å². The Morgan fingerprint density at radius 3 is 2.88 bits per heavy atom. The van der Waals surface area contributed by atoms with Crippen molar-refractivity contribution in [3.63, 3.8) is 0 Å². The minimum atomic E-state index is -0.166. The Balaban J connectivity index is 1.94. The first-order chi connectivity index (χ1) is 7.79. The van der Waals surface area contributed by atoms with Gasteiger partial charge in [-0.3, -0.25) is 0 Å². The number of carbonyl (C=O) groups is 1. The molecule has 1 aromatic rings. The molecule has 1 aliphatic heterocycles. The smallest absolute Gasteiger partial charge is 0.319 e. The highest BCUT2D eigenvalue weighted by atomic mass is 16.5. The largest absolute Gasteiger partial charge is 0.357 e. The number of nitrogens with zero attached hydrogens (tertiary/aromatic N) is 1. The summed E-state index contributed by atoms with van der Waals surface area (Å²) in [6.07, 6.45) is -0.166. The van der Waals surface area contributed by atoms with E-state index in [2.05, 4.69) is 5.32 Å². The van der Waals surface area contributed by atoms with Gasteiger partial charge in [-0.2, -0.15) is 0 Å². The second-order valence-corrected chi connectivity index (χ2v) is 3.76. The lowest BCUT2D eigenvalue weighted by Crippen LogP contribution is -2.29. The number of hydrogen-bond donors (Lipinski definition) is 1. The molecule has 2 amide bonds. The van der Waals surface area contributed by atoms with Crippen molar-refractivity contribution in [2.75, 3.05) is 13.2 Å². The summed E-state index contributed by atoms with van der Waals surface area (Å²) in [5.41, 5.74) is 1.13. The number of amides is 2. The lowest BCUT2D eigenvalue weighted by Gasteiger charge is -2.14. The van der Waals surface area contributed by atoms with Crippen molar-refractivity contribution in [3.05, 3.63) is 35.9 Å². The van der Waals surface area contributed by atoms with E-state index in [0.29, 0.717) is 19.7 Å². The third-order valence-corrected chi connectivity index (χ3v) is 2.54. The average molecular weight is 220 g/mol. The second-order valence-electron chi connectivity index (χ2n) is 3.76. The summed E-state index contributed by atoms with van der Waals surface area (Å²) in [5.74, 6) is 0. The lowest BCUT2D eigenvalue weighted by molar-refractivity contribution is 0.0555. The van der Waals surface area contributed by atoms with Gasteiger partial charge in [0.05, 0.1) is 6.54 Å². The van der Waals surface area contributed by atoms with Crippen LogP contribution in [0.15, 0.2) is 30.3 Å². The minimum absolute atomic E-state index is 0.0534. The first kappa shape index (κ1) is 11.0. The van der Waals surface area contributed by atoms with E-state index in [0.717, 1.165) is 5.56 Å². The van der Waals surface area contributed by atoms with Crippen molar-refractivity contribution in [2.45, 2.75) is 19.7 Å². The molecule has 16 heavy (non-hydrogen) atoms. The Hall–Kier alpha value is -1.55. The van der Waals surface area contributed by atoms with Gasteiger partial charge in [-0.15, -0.1) is 0 Å². The molecule has 0 saturated carbocycles. The molecule has 1 aliphatic rings. The predicted molar refractivity (Wildman–Crippen MR) is 60.8 cm³/mol. The zero-order valence-electron chi connectivity index (χ0n) is 9.35. The van der Waals surface area contributed by atoms with E-state index in [1.54, 1.807) is 4.90 Å². The molecule has 1 heterocycles. The van der Waals surface area contributed by atoms with Crippen LogP contribution < -0.4 is 5.32 Å². The van der Waals surface area contributed by atoms with Crippen LogP contribution in [0.1, 0.15) is 12.5 Å². The monoisotopic (exact) mass is 220 g/mol. The van der Waals surface area contributed by atoms with Crippen molar-refractivity contribution in [1.29, 1.82) is 0 Å². The quantitative estimate of drug-likeness (QED) is 0.837. The summed E-state index contributed by atoms with van der Waals surface area (Å²) in [7, 11) is 0. The number of nitrogens with one attached hydrogen (secondary N) is 1. The molecule has 1 N–H and O–H groups in total. The van der Waals surface area contributed by atoms with Gasteiger partial charge in [0.2, 0.25) is 0 Å². The Morgan fingerprint density at radius 1 is 1.44 bits per heavy atom. The maximum atomic E-state index is 11.6. The SMILES string of the molecule is CCOC1CN(Cc2ccccc2)C(=O)N1. The number of benzene rings is 1. The third-order valence-electron chi connectivity index (χ3n) is 2.54. The molecular weight excluding hydrogens is 204 g/mol. The van der Waals surface area contributed by atoms with Crippen molar-refractivity contribution in [3.8, 4) is 0 Å². The van der Waals surface area contributed by atoms with Gasteiger partial charge >= 0.3 is 6.03 Å². The maximum Gasteiger partial charge on any atom is 0.319 e. The van der Waals surface area contributed by atoms with Crippen LogP contribution >= 0.6 is 0 Å². The summed E-state index contributed by atoms with van der Waals surface area (Å²) in [6, 6.07) is 9.90. The number of ether oxygens (including phenoxy) is 1. The molecular formula is C12H16N2O2. The number of rotatable bonds is 4. The fourth-order valence-corrected chi connectivity index (χ4v) is 1.79. The molecule has 4 heteroatoms. The molecule has 1 unspecified atom stereocenters. The van der Waals surface area contributed by atoms with E-state index < -0.39 is 0 Å². The zero-order valence-corrected chi connectivity index (χ0v) is 9.35. The Labute approximate surface area is 95.2 Å². The minimum Gasteiger partial charge on any atom is -0.357 e. The van der Waals surface area contributed by atoms with Gasteiger partial charge in [0.15, 0.2) is 0 Å². The van der Waals surface area contributed by atoms with Crippen LogP contribution in [0.4, 0.5) is 4.79 Å². The molecule has 1 saturated heterocycles. The van der Waals surface area contributed by atoms with Crippen LogP contribution in [0.25, 0.3) is 0 Å². The molecule has 0 bridgehead atoms. The van der Waals surface area contributed by atoms with E-state index in [1.807, 2.05) is 37.3 Å². The molecule has 0 radical (unpaired) electrons. The van der Waals surface area contributed by atoms with Gasteiger partial charge in [0.1, 0.15) is 6.23 Å². The molecule has 1 aromatic carbocycles. The van der Waals surface area contributed by atoms with Crippen molar-refractivity contribution in [2.24, 2.45) is 0 Å². The lowest BCUT2D eigenvalue weighted by atomic mass is 10.2. The van der Waals surface area contributed by atoms with Gasteiger partial charge in [-0.05, 0) is 12.5 Å². The predicted octanol–water partition coefficient (Wildman–Crippen LogP) is 1.57. The first-order valence-corrected chi connectivity index (χ1v) is 5.50. The maximum absolute atomic E-state index is 11.6. The molecule has 0 aliphatic carbocycles. The molecule has 0 aromatic heterocycles. The highest BCUT2D eigenvalue weighted by Gasteiger charge is 2.28. The number of carbonyl (C=O) groups excluding carboxylic acids is 1. The molecule has 86 valence electrons.